The monoisotopic (exact) mass is 393 g/mol. The van der Waals surface area contributed by atoms with Crippen LogP contribution in [0.3, 0.4) is 0 Å². The van der Waals surface area contributed by atoms with Crippen LogP contribution in [0, 0.1) is 11.3 Å². The van der Waals surface area contributed by atoms with Crippen molar-refractivity contribution in [3.05, 3.63) is 0 Å². The quantitative estimate of drug-likeness (QED) is 0.719. The molecule has 3 fully saturated rings. The van der Waals surface area contributed by atoms with E-state index < -0.39 is 0 Å². The molecule has 6 heteroatoms. The lowest BCUT2D eigenvalue weighted by Crippen LogP contribution is -2.58. The maximum Gasteiger partial charge on any atom is 0.409 e. The first-order valence-electron chi connectivity index (χ1n) is 11.2. The van der Waals surface area contributed by atoms with Crippen LogP contribution < -0.4 is 0 Å². The summed E-state index contributed by atoms with van der Waals surface area (Å²) in [6.07, 6.45) is 5.73. The summed E-state index contributed by atoms with van der Waals surface area (Å²) >= 11 is 0. The molecule has 0 aromatic heterocycles. The zero-order valence-electron chi connectivity index (χ0n) is 18.5. The highest BCUT2D eigenvalue weighted by Gasteiger charge is 2.52. The molecule has 3 aliphatic rings. The zero-order valence-corrected chi connectivity index (χ0v) is 18.5. The van der Waals surface area contributed by atoms with Crippen molar-refractivity contribution in [2.24, 2.45) is 11.3 Å². The number of hydrogen-bond donors (Lipinski definition) is 0. The van der Waals surface area contributed by atoms with Gasteiger partial charge in [-0.1, -0.05) is 0 Å². The van der Waals surface area contributed by atoms with Gasteiger partial charge in [-0.2, -0.15) is 0 Å². The third kappa shape index (κ3) is 4.03. The minimum absolute atomic E-state index is 0.0703. The van der Waals surface area contributed by atoms with E-state index in [1.807, 2.05) is 16.7 Å². The average molecular weight is 394 g/mol. The van der Waals surface area contributed by atoms with E-state index in [-0.39, 0.29) is 17.5 Å². The summed E-state index contributed by atoms with van der Waals surface area (Å²) in [5, 5.41) is 0. The summed E-state index contributed by atoms with van der Waals surface area (Å²) in [5.41, 5.74) is 0.264. The minimum Gasteiger partial charge on any atom is -0.450 e. The predicted octanol–water partition coefficient (Wildman–Crippen LogP) is 3.36. The second-order valence-electron chi connectivity index (χ2n) is 9.66. The molecule has 0 atom stereocenters. The Morgan fingerprint density at radius 3 is 2.32 bits per heavy atom. The maximum absolute atomic E-state index is 12.0. The molecular formula is C22H39N3O3. The van der Waals surface area contributed by atoms with E-state index >= 15 is 0 Å². The molecule has 2 aliphatic heterocycles. The Balaban J connectivity index is 1.47. The number of ether oxygens (including phenoxy) is 1. The van der Waals surface area contributed by atoms with Crippen LogP contribution in [0.2, 0.25) is 0 Å². The summed E-state index contributed by atoms with van der Waals surface area (Å²) in [7, 11) is 0. The topological polar surface area (TPSA) is 53.1 Å². The van der Waals surface area contributed by atoms with E-state index in [4.69, 9.17) is 4.74 Å². The van der Waals surface area contributed by atoms with Crippen LogP contribution in [-0.2, 0) is 9.53 Å². The molecular weight excluding hydrogens is 354 g/mol. The summed E-state index contributed by atoms with van der Waals surface area (Å²) in [6.45, 7) is 15.3. The van der Waals surface area contributed by atoms with E-state index in [9.17, 15) is 9.59 Å². The standard InChI is InChI=1S/C22H39N3O3/c1-6-25(17(3)26)21(4,5)18-8-11-23(12-9-18)19-14-22(15-19)10-13-24(16-22)20(27)28-7-2/h18-19H,6-16H2,1-5H3. The van der Waals surface area contributed by atoms with Crippen LogP contribution in [0.5, 0.6) is 0 Å². The molecule has 160 valence electrons. The van der Waals surface area contributed by atoms with Crippen molar-refractivity contribution < 1.29 is 14.3 Å². The van der Waals surface area contributed by atoms with E-state index in [2.05, 4.69) is 25.7 Å². The van der Waals surface area contributed by atoms with Gasteiger partial charge < -0.3 is 19.4 Å². The van der Waals surface area contributed by atoms with Gasteiger partial charge in [0.1, 0.15) is 0 Å². The average Bonchev–Trinajstić information content (AvgIpc) is 3.07. The predicted molar refractivity (Wildman–Crippen MR) is 110 cm³/mol. The number of nitrogens with zero attached hydrogens (tertiary/aromatic N) is 3. The number of piperidine rings is 1. The molecule has 0 aromatic carbocycles. The normalized spacial score (nSPS) is 29.0. The molecule has 0 N–H and O–H groups in total. The maximum atomic E-state index is 12.0. The van der Waals surface area contributed by atoms with Crippen LogP contribution in [-0.4, -0.2) is 77.6 Å². The van der Waals surface area contributed by atoms with Crippen LogP contribution >= 0.6 is 0 Å². The molecule has 0 unspecified atom stereocenters. The molecule has 2 saturated heterocycles. The summed E-state index contributed by atoms with van der Waals surface area (Å²) in [4.78, 5) is 30.6. The molecule has 2 heterocycles. The Bertz CT molecular complexity index is 578. The van der Waals surface area contributed by atoms with Crippen molar-refractivity contribution in [2.45, 2.75) is 78.3 Å². The number of amides is 2. The molecule has 2 amide bonds. The van der Waals surface area contributed by atoms with Crippen molar-refractivity contribution in [3.63, 3.8) is 0 Å². The van der Waals surface area contributed by atoms with Gasteiger partial charge in [0.05, 0.1) is 6.61 Å². The number of hydrogen-bond acceptors (Lipinski definition) is 4. The summed E-state index contributed by atoms with van der Waals surface area (Å²) in [6, 6.07) is 0.668. The molecule has 1 spiro atoms. The number of carbonyl (C=O) groups is 2. The Labute approximate surface area is 170 Å². The van der Waals surface area contributed by atoms with Crippen LogP contribution in [0.1, 0.15) is 66.7 Å². The number of likely N-dealkylation sites (tertiary alicyclic amines) is 2. The molecule has 0 radical (unpaired) electrons. The Kier molecular flexibility index (Phi) is 6.28. The molecule has 1 aliphatic carbocycles. The second kappa shape index (κ2) is 8.21. The van der Waals surface area contributed by atoms with Crippen molar-refractivity contribution >= 4 is 12.0 Å². The lowest BCUT2D eigenvalue weighted by Gasteiger charge is -2.53. The third-order valence-electron chi connectivity index (χ3n) is 7.74. The van der Waals surface area contributed by atoms with Crippen LogP contribution in [0.15, 0.2) is 0 Å². The van der Waals surface area contributed by atoms with Gasteiger partial charge in [-0.25, -0.2) is 4.79 Å². The number of carbonyl (C=O) groups excluding carboxylic acids is 2. The van der Waals surface area contributed by atoms with Crippen LogP contribution in [0.25, 0.3) is 0 Å². The van der Waals surface area contributed by atoms with Gasteiger partial charge in [0, 0.05) is 38.1 Å². The summed E-state index contributed by atoms with van der Waals surface area (Å²) < 4.78 is 5.17. The van der Waals surface area contributed by atoms with Crippen molar-refractivity contribution in [1.29, 1.82) is 0 Å². The Morgan fingerprint density at radius 1 is 1.14 bits per heavy atom. The van der Waals surface area contributed by atoms with E-state index in [0.29, 0.717) is 24.0 Å². The van der Waals surface area contributed by atoms with Crippen molar-refractivity contribution in [2.75, 3.05) is 39.3 Å². The van der Waals surface area contributed by atoms with E-state index in [1.54, 1.807) is 6.92 Å². The molecule has 1 saturated carbocycles. The van der Waals surface area contributed by atoms with E-state index in [0.717, 1.165) is 52.0 Å². The molecule has 28 heavy (non-hydrogen) atoms. The minimum atomic E-state index is -0.142. The van der Waals surface area contributed by atoms with Gasteiger partial charge in [0.2, 0.25) is 5.91 Å². The molecule has 0 bridgehead atoms. The fourth-order valence-electron chi connectivity index (χ4n) is 6.06. The first kappa shape index (κ1) is 21.4. The largest absolute Gasteiger partial charge is 0.450 e. The summed E-state index contributed by atoms with van der Waals surface area (Å²) in [5.74, 6) is 0.746. The third-order valence-corrected chi connectivity index (χ3v) is 7.74. The molecule has 0 aromatic rings. The van der Waals surface area contributed by atoms with Gasteiger partial charge in [0.15, 0.2) is 0 Å². The lowest BCUT2D eigenvalue weighted by atomic mass is 9.64. The van der Waals surface area contributed by atoms with Gasteiger partial charge in [0.25, 0.3) is 0 Å². The molecule has 3 rings (SSSR count). The first-order valence-corrected chi connectivity index (χ1v) is 11.2. The fraction of sp³-hybridized carbons (Fsp3) is 0.909. The van der Waals surface area contributed by atoms with Crippen LogP contribution in [0.4, 0.5) is 4.79 Å². The Hall–Kier alpha value is -1.30. The second-order valence-corrected chi connectivity index (χ2v) is 9.66. The van der Waals surface area contributed by atoms with Crippen molar-refractivity contribution in [1.82, 2.24) is 14.7 Å². The highest BCUT2D eigenvalue weighted by atomic mass is 16.6. The van der Waals surface area contributed by atoms with Gasteiger partial charge in [-0.3, -0.25) is 4.79 Å². The SMILES string of the molecule is CCOC(=O)N1CCC2(CC(N3CCC(C(C)(C)N(CC)C(C)=O)CC3)C2)C1. The fourth-order valence-corrected chi connectivity index (χ4v) is 6.06. The lowest BCUT2D eigenvalue weighted by molar-refractivity contribution is -0.137. The molecule has 6 nitrogen and oxygen atoms in total. The highest BCUT2D eigenvalue weighted by Crippen LogP contribution is 2.51. The smallest absolute Gasteiger partial charge is 0.409 e. The first-order chi connectivity index (χ1) is 13.2. The number of rotatable bonds is 5. The Morgan fingerprint density at radius 2 is 1.79 bits per heavy atom. The van der Waals surface area contributed by atoms with Crippen molar-refractivity contribution in [3.8, 4) is 0 Å². The van der Waals surface area contributed by atoms with Gasteiger partial charge in [-0.05, 0) is 84.2 Å². The zero-order chi connectivity index (χ0) is 20.5. The van der Waals surface area contributed by atoms with Gasteiger partial charge >= 0.3 is 6.09 Å². The van der Waals surface area contributed by atoms with Gasteiger partial charge in [-0.15, -0.1) is 0 Å². The van der Waals surface area contributed by atoms with E-state index in [1.165, 1.54) is 12.8 Å². The highest BCUT2D eigenvalue weighted by molar-refractivity contribution is 5.74.